The molecule has 3 saturated heterocycles. The molecule has 1 unspecified atom stereocenters. The molecule has 0 saturated carbocycles. The smallest absolute Gasteiger partial charge is 0.258 e. The zero-order valence-corrected chi connectivity index (χ0v) is 16.7. The number of aliphatic hydroxyl groups is 1. The van der Waals surface area contributed by atoms with Gasteiger partial charge in [0.2, 0.25) is 5.91 Å². The second kappa shape index (κ2) is 8.96. The van der Waals surface area contributed by atoms with E-state index < -0.39 is 17.4 Å². The second-order valence-corrected chi connectivity index (χ2v) is 8.70. The number of imide groups is 1. The van der Waals surface area contributed by atoms with Crippen molar-refractivity contribution in [1.82, 2.24) is 25.3 Å². The van der Waals surface area contributed by atoms with Gasteiger partial charge in [-0.3, -0.25) is 30.0 Å². The van der Waals surface area contributed by atoms with Crippen LogP contribution in [0.25, 0.3) is 0 Å². The Bertz CT molecular complexity index is 527. The van der Waals surface area contributed by atoms with Crippen LogP contribution in [0.3, 0.4) is 0 Å². The number of hydrogen-bond acceptors (Lipinski definition) is 7. The van der Waals surface area contributed by atoms with E-state index in [1.807, 2.05) is 0 Å². The molecule has 1 atom stereocenters. The first-order valence-electron chi connectivity index (χ1n) is 10.3. The lowest BCUT2D eigenvalue weighted by molar-refractivity contribution is -0.164. The largest absolute Gasteiger partial charge is 0.383 e. The highest BCUT2D eigenvalue weighted by Gasteiger charge is 2.45. The quantitative estimate of drug-likeness (QED) is 0.418. The van der Waals surface area contributed by atoms with Crippen molar-refractivity contribution < 1.29 is 14.7 Å². The standard InChI is InChI=1S/C19H35N5O3/c1-19(2)14-15(25)24(17(27)16(19)26)9-4-3-8-22-10-12-23(13-11-22)18-20-6-5-7-21-18/h16,18,20-21,26H,3-14H2,1-2H3. The Morgan fingerprint density at radius 1 is 1.04 bits per heavy atom. The molecule has 8 nitrogen and oxygen atoms in total. The summed E-state index contributed by atoms with van der Waals surface area (Å²) in [7, 11) is 0. The predicted octanol–water partition coefficient (Wildman–Crippen LogP) is -0.603. The minimum absolute atomic E-state index is 0.156. The number of carbonyl (C=O) groups is 2. The third-order valence-corrected chi connectivity index (χ3v) is 6.06. The van der Waals surface area contributed by atoms with Crippen LogP contribution in [-0.4, -0.2) is 96.4 Å². The predicted molar refractivity (Wildman–Crippen MR) is 103 cm³/mol. The minimum Gasteiger partial charge on any atom is -0.383 e. The Balaban J connectivity index is 1.34. The summed E-state index contributed by atoms with van der Waals surface area (Å²) in [6, 6.07) is 0. The van der Waals surface area contributed by atoms with Crippen LogP contribution < -0.4 is 10.6 Å². The Labute approximate surface area is 162 Å². The molecule has 2 amide bonds. The van der Waals surface area contributed by atoms with Crippen LogP contribution in [0.4, 0.5) is 0 Å². The molecule has 0 aromatic rings. The number of rotatable bonds is 6. The lowest BCUT2D eigenvalue weighted by Crippen LogP contribution is -2.62. The molecular weight excluding hydrogens is 346 g/mol. The van der Waals surface area contributed by atoms with Crippen molar-refractivity contribution in [2.45, 2.75) is 51.9 Å². The van der Waals surface area contributed by atoms with Crippen molar-refractivity contribution >= 4 is 11.8 Å². The van der Waals surface area contributed by atoms with Gasteiger partial charge in [-0.05, 0) is 38.9 Å². The highest BCUT2D eigenvalue weighted by Crippen LogP contribution is 2.32. The van der Waals surface area contributed by atoms with Crippen LogP contribution in [-0.2, 0) is 9.59 Å². The van der Waals surface area contributed by atoms with Gasteiger partial charge in [0.15, 0.2) is 0 Å². The average molecular weight is 382 g/mol. The SMILES string of the molecule is CC1(C)CC(=O)N(CCCCN2CCN(C3NCCCN3)CC2)C(=O)C1O. The van der Waals surface area contributed by atoms with Gasteiger partial charge < -0.3 is 10.0 Å². The number of amides is 2. The van der Waals surface area contributed by atoms with E-state index in [0.29, 0.717) is 12.8 Å². The molecule has 0 radical (unpaired) electrons. The summed E-state index contributed by atoms with van der Waals surface area (Å²) >= 11 is 0. The first kappa shape index (κ1) is 20.7. The van der Waals surface area contributed by atoms with Crippen molar-refractivity contribution in [3.63, 3.8) is 0 Å². The molecule has 3 fully saturated rings. The van der Waals surface area contributed by atoms with Crippen molar-refractivity contribution in [3.8, 4) is 0 Å². The number of piperidine rings is 1. The van der Waals surface area contributed by atoms with Crippen LogP contribution in [0.2, 0.25) is 0 Å². The number of aliphatic hydroxyl groups excluding tert-OH is 1. The molecule has 3 heterocycles. The fourth-order valence-corrected chi connectivity index (χ4v) is 4.17. The maximum atomic E-state index is 12.3. The molecular formula is C19H35N5O3. The van der Waals surface area contributed by atoms with E-state index >= 15 is 0 Å². The molecule has 0 spiro atoms. The summed E-state index contributed by atoms with van der Waals surface area (Å²) in [5, 5.41) is 17.2. The normalized spacial score (nSPS) is 28.7. The summed E-state index contributed by atoms with van der Waals surface area (Å²) in [5.74, 6) is -0.589. The third kappa shape index (κ3) is 5.06. The number of nitrogens with zero attached hydrogens (tertiary/aromatic N) is 3. The average Bonchev–Trinajstić information content (AvgIpc) is 2.66. The number of hydrogen-bond donors (Lipinski definition) is 3. The lowest BCUT2D eigenvalue weighted by Gasteiger charge is -2.41. The van der Waals surface area contributed by atoms with E-state index in [9.17, 15) is 14.7 Å². The van der Waals surface area contributed by atoms with Crippen LogP contribution in [0, 0.1) is 5.41 Å². The number of carbonyl (C=O) groups excluding carboxylic acids is 2. The van der Waals surface area contributed by atoms with E-state index in [4.69, 9.17) is 0 Å². The van der Waals surface area contributed by atoms with Crippen LogP contribution in [0.5, 0.6) is 0 Å². The molecule has 3 rings (SSSR count). The van der Waals surface area contributed by atoms with Crippen LogP contribution in [0.15, 0.2) is 0 Å². The molecule has 0 aromatic carbocycles. The van der Waals surface area contributed by atoms with Gasteiger partial charge in [0, 0.05) is 44.6 Å². The Morgan fingerprint density at radius 3 is 2.33 bits per heavy atom. The van der Waals surface area contributed by atoms with Crippen molar-refractivity contribution in [3.05, 3.63) is 0 Å². The zero-order chi connectivity index (χ0) is 19.4. The summed E-state index contributed by atoms with van der Waals surface area (Å²) in [6.07, 6.45) is 2.39. The molecule has 0 bridgehead atoms. The lowest BCUT2D eigenvalue weighted by atomic mass is 9.79. The first-order valence-corrected chi connectivity index (χ1v) is 10.3. The number of unbranched alkanes of at least 4 members (excludes halogenated alkanes) is 1. The Hall–Kier alpha value is -1.06. The fraction of sp³-hybridized carbons (Fsp3) is 0.895. The van der Waals surface area contributed by atoms with Gasteiger partial charge in [-0.1, -0.05) is 13.8 Å². The molecule has 27 heavy (non-hydrogen) atoms. The molecule has 0 aliphatic carbocycles. The first-order chi connectivity index (χ1) is 12.9. The Morgan fingerprint density at radius 2 is 1.67 bits per heavy atom. The van der Waals surface area contributed by atoms with Gasteiger partial charge in [0.05, 0.1) is 0 Å². The number of nitrogens with one attached hydrogen (secondary N) is 2. The molecule has 8 heteroatoms. The van der Waals surface area contributed by atoms with E-state index in [1.54, 1.807) is 13.8 Å². The van der Waals surface area contributed by atoms with Crippen LogP contribution >= 0.6 is 0 Å². The Kier molecular flexibility index (Phi) is 6.86. The van der Waals surface area contributed by atoms with E-state index in [0.717, 1.165) is 58.7 Å². The van der Waals surface area contributed by atoms with E-state index in [2.05, 4.69) is 20.4 Å². The highest BCUT2D eigenvalue weighted by atomic mass is 16.3. The summed E-state index contributed by atoms with van der Waals surface area (Å²) in [5.41, 5.74) is -0.660. The zero-order valence-electron chi connectivity index (χ0n) is 16.7. The van der Waals surface area contributed by atoms with E-state index in [-0.39, 0.29) is 12.3 Å². The number of likely N-dealkylation sites (tertiary alicyclic amines) is 1. The van der Waals surface area contributed by atoms with Crippen LogP contribution in [0.1, 0.15) is 39.5 Å². The summed E-state index contributed by atoms with van der Waals surface area (Å²) in [6.45, 7) is 11.3. The van der Waals surface area contributed by atoms with Crippen molar-refractivity contribution in [1.29, 1.82) is 0 Å². The van der Waals surface area contributed by atoms with Gasteiger partial charge in [0.25, 0.3) is 5.91 Å². The van der Waals surface area contributed by atoms with Gasteiger partial charge in [-0.15, -0.1) is 0 Å². The molecule has 3 N–H and O–H groups in total. The molecule has 3 aliphatic rings. The fourth-order valence-electron chi connectivity index (χ4n) is 4.17. The highest BCUT2D eigenvalue weighted by molar-refractivity contribution is 6.00. The topological polar surface area (TPSA) is 88.2 Å². The van der Waals surface area contributed by atoms with Gasteiger partial charge >= 0.3 is 0 Å². The monoisotopic (exact) mass is 381 g/mol. The number of piperazine rings is 1. The maximum absolute atomic E-state index is 12.3. The van der Waals surface area contributed by atoms with Gasteiger partial charge in [0.1, 0.15) is 12.4 Å². The van der Waals surface area contributed by atoms with E-state index in [1.165, 1.54) is 11.3 Å². The summed E-state index contributed by atoms with van der Waals surface area (Å²) < 4.78 is 0. The second-order valence-electron chi connectivity index (χ2n) is 8.70. The summed E-state index contributed by atoms with van der Waals surface area (Å²) in [4.78, 5) is 30.7. The third-order valence-electron chi connectivity index (χ3n) is 6.06. The minimum atomic E-state index is -1.08. The van der Waals surface area contributed by atoms with Gasteiger partial charge in [-0.25, -0.2) is 0 Å². The van der Waals surface area contributed by atoms with Crippen molar-refractivity contribution in [2.75, 3.05) is 52.4 Å². The van der Waals surface area contributed by atoms with Gasteiger partial charge in [-0.2, -0.15) is 0 Å². The maximum Gasteiger partial charge on any atom is 0.258 e. The molecule has 3 aliphatic heterocycles. The molecule has 154 valence electrons. The molecule has 0 aromatic heterocycles. The van der Waals surface area contributed by atoms with Crippen molar-refractivity contribution in [2.24, 2.45) is 5.41 Å².